The summed E-state index contributed by atoms with van der Waals surface area (Å²) in [6, 6.07) is 16.2. The summed E-state index contributed by atoms with van der Waals surface area (Å²) >= 11 is 1.23. The SMILES string of the molecule is Cc1cccc(NC(=O)c2ccc3nnc(SCC(=O)Nc4ccc5c(c4)OCO5)n3c2)c1. The van der Waals surface area contributed by atoms with E-state index in [0.717, 1.165) is 11.3 Å². The summed E-state index contributed by atoms with van der Waals surface area (Å²) in [5.41, 5.74) is 3.43. The van der Waals surface area contributed by atoms with Crippen molar-refractivity contribution in [3.8, 4) is 11.5 Å². The van der Waals surface area contributed by atoms with Gasteiger partial charge in [-0.15, -0.1) is 10.2 Å². The van der Waals surface area contributed by atoms with Gasteiger partial charge < -0.3 is 20.1 Å². The molecule has 0 spiro atoms. The van der Waals surface area contributed by atoms with E-state index in [9.17, 15) is 9.59 Å². The molecule has 0 saturated carbocycles. The quantitative estimate of drug-likeness (QED) is 0.421. The smallest absolute Gasteiger partial charge is 0.257 e. The van der Waals surface area contributed by atoms with Crippen molar-refractivity contribution in [1.82, 2.24) is 14.6 Å². The van der Waals surface area contributed by atoms with Gasteiger partial charge in [0, 0.05) is 23.6 Å². The number of benzene rings is 2. The molecule has 0 bridgehead atoms. The molecule has 0 atom stereocenters. The fraction of sp³-hybridized carbons (Fsp3) is 0.130. The molecule has 3 heterocycles. The van der Waals surface area contributed by atoms with Crippen molar-refractivity contribution >= 4 is 40.6 Å². The summed E-state index contributed by atoms with van der Waals surface area (Å²) in [6.07, 6.45) is 1.67. The summed E-state index contributed by atoms with van der Waals surface area (Å²) in [7, 11) is 0. The Balaban J connectivity index is 1.25. The Morgan fingerprint density at radius 3 is 2.73 bits per heavy atom. The lowest BCUT2D eigenvalue weighted by molar-refractivity contribution is -0.113. The van der Waals surface area contributed by atoms with Crippen LogP contribution in [0.15, 0.2) is 66.0 Å². The lowest BCUT2D eigenvalue weighted by Crippen LogP contribution is -2.14. The van der Waals surface area contributed by atoms with E-state index in [4.69, 9.17) is 9.47 Å². The summed E-state index contributed by atoms with van der Waals surface area (Å²) < 4.78 is 12.3. The van der Waals surface area contributed by atoms with Crippen LogP contribution in [0.2, 0.25) is 0 Å². The number of anilines is 2. The van der Waals surface area contributed by atoms with Gasteiger partial charge in [-0.2, -0.15) is 0 Å². The zero-order valence-corrected chi connectivity index (χ0v) is 18.4. The van der Waals surface area contributed by atoms with Crippen LogP contribution in [0, 0.1) is 6.92 Å². The first-order valence-corrected chi connectivity index (χ1v) is 11.1. The fourth-order valence-electron chi connectivity index (χ4n) is 3.33. The Kier molecular flexibility index (Phi) is 5.57. The minimum atomic E-state index is -0.243. The number of hydrogen-bond donors (Lipinski definition) is 2. The van der Waals surface area contributed by atoms with Gasteiger partial charge in [0.2, 0.25) is 12.7 Å². The number of nitrogens with zero attached hydrogens (tertiary/aromatic N) is 3. The molecule has 2 aromatic heterocycles. The molecule has 166 valence electrons. The number of fused-ring (bicyclic) bond motifs is 2. The van der Waals surface area contributed by atoms with E-state index in [2.05, 4.69) is 20.8 Å². The highest BCUT2D eigenvalue weighted by Crippen LogP contribution is 2.34. The number of ether oxygens (including phenoxy) is 2. The normalized spacial score (nSPS) is 12.0. The number of thioether (sulfide) groups is 1. The summed E-state index contributed by atoms with van der Waals surface area (Å²) in [5.74, 6) is 0.922. The maximum Gasteiger partial charge on any atom is 0.257 e. The summed E-state index contributed by atoms with van der Waals surface area (Å²) in [5, 5.41) is 14.5. The van der Waals surface area contributed by atoms with Crippen LogP contribution in [0.5, 0.6) is 11.5 Å². The minimum absolute atomic E-state index is 0.120. The molecule has 4 aromatic rings. The highest BCUT2D eigenvalue weighted by atomic mass is 32.2. The maximum atomic E-state index is 12.7. The van der Waals surface area contributed by atoms with Gasteiger partial charge in [0.1, 0.15) is 0 Å². The zero-order chi connectivity index (χ0) is 22.8. The third-order valence-corrected chi connectivity index (χ3v) is 5.84. The summed E-state index contributed by atoms with van der Waals surface area (Å²) in [4.78, 5) is 25.1. The second-order valence-electron chi connectivity index (χ2n) is 7.36. The molecule has 2 amide bonds. The molecule has 33 heavy (non-hydrogen) atoms. The number of pyridine rings is 1. The first kappa shape index (κ1) is 20.8. The van der Waals surface area contributed by atoms with Crippen LogP contribution in [0.4, 0.5) is 11.4 Å². The Bertz CT molecular complexity index is 1370. The zero-order valence-electron chi connectivity index (χ0n) is 17.6. The third kappa shape index (κ3) is 4.60. The van der Waals surface area contributed by atoms with Crippen LogP contribution < -0.4 is 20.1 Å². The monoisotopic (exact) mass is 461 g/mol. The minimum Gasteiger partial charge on any atom is -0.454 e. The Hall–Kier alpha value is -4.05. The van der Waals surface area contributed by atoms with Crippen molar-refractivity contribution in [2.45, 2.75) is 12.1 Å². The van der Waals surface area contributed by atoms with Crippen molar-refractivity contribution in [3.63, 3.8) is 0 Å². The molecule has 5 rings (SSSR count). The molecule has 10 heteroatoms. The van der Waals surface area contributed by atoms with Crippen molar-refractivity contribution in [3.05, 3.63) is 71.9 Å². The van der Waals surface area contributed by atoms with E-state index in [0.29, 0.717) is 33.6 Å². The van der Waals surface area contributed by atoms with Crippen LogP contribution >= 0.6 is 11.8 Å². The lowest BCUT2D eigenvalue weighted by Gasteiger charge is -2.07. The van der Waals surface area contributed by atoms with Gasteiger partial charge in [-0.3, -0.25) is 14.0 Å². The number of aryl methyl sites for hydroxylation is 1. The van der Waals surface area contributed by atoms with Gasteiger partial charge in [-0.25, -0.2) is 0 Å². The van der Waals surface area contributed by atoms with E-state index in [1.54, 1.807) is 40.9 Å². The molecule has 1 aliphatic heterocycles. The van der Waals surface area contributed by atoms with Crippen molar-refractivity contribution < 1.29 is 19.1 Å². The van der Waals surface area contributed by atoms with E-state index in [1.165, 1.54) is 11.8 Å². The third-order valence-electron chi connectivity index (χ3n) is 4.90. The molecular weight excluding hydrogens is 442 g/mol. The average Bonchev–Trinajstić information content (AvgIpc) is 3.43. The molecule has 0 radical (unpaired) electrons. The van der Waals surface area contributed by atoms with Crippen LogP contribution in [0.1, 0.15) is 15.9 Å². The van der Waals surface area contributed by atoms with E-state index in [-0.39, 0.29) is 24.4 Å². The van der Waals surface area contributed by atoms with Crippen LogP contribution in [-0.2, 0) is 4.79 Å². The Morgan fingerprint density at radius 2 is 1.85 bits per heavy atom. The molecule has 0 fully saturated rings. The second kappa shape index (κ2) is 8.83. The van der Waals surface area contributed by atoms with Crippen LogP contribution in [0.3, 0.4) is 0 Å². The first-order valence-electron chi connectivity index (χ1n) is 10.1. The number of rotatable bonds is 6. The number of carbonyl (C=O) groups is 2. The van der Waals surface area contributed by atoms with E-state index >= 15 is 0 Å². The molecule has 0 saturated heterocycles. The van der Waals surface area contributed by atoms with Gasteiger partial charge >= 0.3 is 0 Å². The Morgan fingerprint density at radius 1 is 1.00 bits per heavy atom. The molecule has 9 nitrogen and oxygen atoms in total. The predicted octanol–water partition coefficient (Wildman–Crippen LogP) is 3.75. The molecule has 2 N–H and O–H groups in total. The molecule has 0 unspecified atom stereocenters. The topological polar surface area (TPSA) is 107 Å². The molecular formula is C23H19N5O4S. The number of amides is 2. The number of aromatic nitrogens is 3. The largest absolute Gasteiger partial charge is 0.454 e. The average molecular weight is 462 g/mol. The van der Waals surface area contributed by atoms with E-state index < -0.39 is 0 Å². The predicted molar refractivity (Wildman–Crippen MR) is 124 cm³/mol. The number of carbonyl (C=O) groups excluding carboxylic acids is 2. The van der Waals surface area contributed by atoms with E-state index in [1.807, 2.05) is 31.2 Å². The first-order chi connectivity index (χ1) is 16.0. The van der Waals surface area contributed by atoms with Crippen molar-refractivity contribution in [2.24, 2.45) is 0 Å². The maximum absolute atomic E-state index is 12.7. The van der Waals surface area contributed by atoms with Crippen LogP contribution in [0.25, 0.3) is 5.65 Å². The number of nitrogens with one attached hydrogen (secondary N) is 2. The molecule has 1 aliphatic rings. The highest BCUT2D eigenvalue weighted by molar-refractivity contribution is 7.99. The van der Waals surface area contributed by atoms with Gasteiger partial charge in [0.15, 0.2) is 22.3 Å². The van der Waals surface area contributed by atoms with Crippen LogP contribution in [-0.4, -0.2) is 39.0 Å². The molecule has 2 aromatic carbocycles. The fourth-order valence-corrected chi connectivity index (χ4v) is 4.05. The lowest BCUT2D eigenvalue weighted by atomic mass is 10.2. The second-order valence-corrected chi connectivity index (χ2v) is 8.30. The van der Waals surface area contributed by atoms with Crippen molar-refractivity contribution in [1.29, 1.82) is 0 Å². The Labute approximate surface area is 193 Å². The van der Waals surface area contributed by atoms with Crippen molar-refractivity contribution in [2.75, 3.05) is 23.2 Å². The number of hydrogen-bond acceptors (Lipinski definition) is 7. The van der Waals surface area contributed by atoms with Gasteiger partial charge in [0.05, 0.1) is 11.3 Å². The van der Waals surface area contributed by atoms with Gasteiger partial charge in [0.25, 0.3) is 5.91 Å². The highest BCUT2D eigenvalue weighted by Gasteiger charge is 2.16. The summed E-state index contributed by atoms with van der Waals surface area (Å²) in [6.45, 7) is 2.14. The van der Waals surface area contributed by atoms with Gasteiger partial charge in [-0.05, 0) is 48.9 Å². The van der Waals surface area contributed by atoms with Gasteiger partial charge in [-0.1, -0.05) is 23.9 Å². The molecule has 0 aliphatic carbocycles. The standard InChI is InChI=1S/C23H19N5O4S/c1-14-3-2-4-16(9-14)25-22(30)15-5-8-20-26-27-23(28(20)11-15)33-12-21(29)24-17-6-7-18-19(10-17)32-13-31-18/h2-11H,12-13H2,1H3,(H,24,29)(H,25,30).